The van der Waals surface area contributed by atoms with Gasteiger partial charge in [0.1, 0.15) is 5.54 Å². The van der Waals surface area contributed by atoms with E-state index in [0.717, 1.165) is 50.3 Å². The highest BCUT2D eigenvalue weighted by molar-refractivity contribution is 5.87. The summed E-state index contributed by atoms with van der Waals surface area (Å²) < 4.78 is 0. The van der Waals surface area contributed by atoms with Gasteiger partial charge in [-0.25, -0.2) is 0 Å². The molecule has 3 rings (SSSR count). The average Bonchev–Trinajstić information content (AvgIpc) is 2.68. The van der Waals surface area contributed by atoms with E-state index in [1.54, 1.807) is 6.92 Å². The zero-order chi connectivity index (χ0) is 18.7. The maximum atomic E-state index is 12.9. The van der Waals surface area contributed by atoms with Crippen molar-refractivity contribution in [2.75, 3.05) is 26.2 Å². The fourth-order valence-corrected chi connectivity index (χ4v) is 4.05. The van der Waals surface area contributed by atoms with Gasteiger partial charge in [-0.2, -0.15) is 0 Å². The fourth-order valence-electron chi connectivity index (χ4n) is 4.05. The molecule has 1 atom stereocenters. The number of nitrogens with two attached hydrogens (primary N) is 1. The number of benzene rings is 1. The van der Waals surface area contributed by atoms with Crippen molar-refractivity contribution in [3.8, 4) is 0 Å². The molecule has 27 heavy (non-hydrogen) atoms. The Kier molecular flexibility index (Phi) is 7.29. The lowest BCUT2D eigenvalue weighted by atomic mass is 9.88. The Morgan fingerprint density at radius 1 is 0.963 bits per heavy atom. The number of carbonyl (C=O) groups is 2. The second kappa shape index (κ2) is 9.07. The van der Waals surface area contributed by atoms with Crippen LogP contribution in [0.25, 0.3) is 0 Å². The molecule has 1 unspecified atom stereocenters. The van der Waals surface area contributed by atoms with Crippen molar-refractivity contribution >= 4 is 24.2 Å². The van der Waals surface area contributed by atoms with Gasteiger partial charge in [-0.3, -0.25) is 9.59 Å². The zero-order valence-corrected chi connectivity index (χ0v) is 17.2. The molecule has 1 aromatic carbocycles. The molecule has 5 nitrogen and oxygen atoms in total. The van der Waals surface area contributed by atoms with Crippen LogP contribution < -0.4 is 5.73 Å². The summed E-state index contributed by atoms with van der Waals surface area (Å²) in [7, 11) is 0. The minimum Gasteiger partial charge on any atom is -0.342 e. The van der Waals surface area contributed by atoms with Crippen LogP contribution in [0.3, 0.4) is 0 Å². The molecular formula is C21H32ClN3O2. The van der Waals surface area contributed by atoms with Gasteiger partial charge >= 0.3 is 0 Å². The first-order valence-electron chi connectivity index (χ1n) is 9.82. The highest BCUT2D eigenvalue weighted by Gasteiger charge is 2.38. The second-order valence-corrected chi connectivity index (χ2v) is 8.14. The number of likely N-dealkylation sites (tertiary alicyclic amines) is 2. The van der Waals surface area contributed by atoms with Crippen LogP contribution in [0, 0.1) is 11.8 Å². The number of rotatable bonds is 3. The third-order valence-electron chi connectivity index (χ3n) is 6.04. The Bertz CT molecular complexity index is 634. The lowest BCUT2D eigenvalue weighted by Gasteiger charge is -2.39. The van der Waals surface area contributed by atoms with Crippen LogP contribution in [0.15, 0.2) is 30.3 Å². The summed E-state index contributed by atoms with van der Waals surface area (Å²) in [5.74, 6) is 0.996. The molecule has 0 spiro atoms. The van der Waals surface area contributed by atoms with E-state index in [-0.39, 0.29) is 30.1 Å². The van der Waals surface area contributed by atoms with Gasteiger partial charge in [0, 0.05) is 32.1 Å². The van der Waals surface area contributed by atoms with Gasteiger partial charge < -0.3 is 15.5 Å². The molecule has 2 amide bonds. The van der Waals surface area contributed by atoms with Gasteiger partial charge in [0.15, 0.2) is 0 Å². The highest BCUT2D eigenvalue weighted by Crippen LogP contribution is 2.27. The number of amides is 2. The van der Waals surface area contributed by atoms with Gasteiger partial charge in [-0.15, -0.1) is 12.4 Å². The SMILES string of the molecule is CC1CCN(C(=O)C2CCN(C(=O)C(C)(N)c3ccccc3)CC2)CC1.Cl. The van der Waals surface area contributed by atoms with Gasteiger partial charge in [-0.1, -0.05) is 37.3 Å². The zero-order valence-electron chi connectivity index (χ0n) is 16.4. The van der Waals surface area contributed by atoms with E-state index in [2.05, 4.69) is 6.92 Å². The standard InChI is InChI=1S/C21H31N3O2.ClH/c1-16-8-12-23(13-9-16)19(25)17-10-14-24(15-11-17)20(26)21(2,22)18-6-4-3-5-7-18;/h3-7,16-17H,8-15,22H2,1-2H3;1H. The van der Waals surface area contributed by atoms with E-state index in [4.69, 9.17) is 5.73 Å². The summed E-state index contributed by atoms with van der Waals surface area (Å²) in [4.78, 5) is 29.5. The summed E-state index contributed by atoms with van der Waals surface area (Å²) in [6.07, 6.45) is 3.68. The number of piperidine rings is 2. The minimum absolute atomic E-state index is 0. The molecule has 0 radical (unpaired) electrons. The molecule has 0 aromatic heterocycles. The van der Waals surface area contributed by atoms with Crippen molar-refractivity contribution in [1.29, 1.82) is 0 Å². The quantitative estimate of drug-likeness (QED) is 0.858. The van der Waals surface area contributed by atoms with Crippen molar-refractivity contribution < 1.29 is 9.59 Å². The Balaban J connectivity index is 0.00000261. The Hall–Kier alpha value is -1.59. The van der Waals surface area contributed by atoms with Crippen molar-refractivity contribution in [3.63, 3.8) is 0 Å². The lowest BCUT2D eigenvalue weighted by molar-refractivity contribution is -0.144. The van der Waals surface area contributed by atoms with Crippen LogP contribution in [0.4, 0.5) is 0 Å². The van der Waals surface area contributed by atoms with E-state index < -0.39 is 5.54 Å². The van der Waals surface area contributed by atoms with Gasteiger partial charge in [0.05, 0.1) is 0 Å². The van der Waals surface area contributed by atoms with E-state index in [9.17, 15) is 9.59 Å². The van der Waals surface area contributed by atoms with Crippen molar-refractivity contribution in [2.24, 2.45) is 17.6 Å². The van der Waals surface area contributed by atoms with Crippen LogP contribution in [0.5, 0.6) is 0 Å². The summed E-state index contributed by atoms with van der Waals surface area (Å²) in [6, 6.07) is 9.51. The molecule has 1 aromatic rings. The summed E-state index contributed by atoms with van der Waals surface area (Å²) in [5.41, 5.74) is 6.17. The van der Waals surface area contributed by atoms with Crippen molar-refractivity contribution in [1.82, 2.24) is 9.80 Å². The van der Waals surface area contributed by atoms with Crippen molar-refractivity contribution in [3.05, 3.63) is 35.9 Å². The molecule has 2 saturated heterocycles. The van der Waals surface area contributed by atoms with Crippen LogP contribution in [-0.2, 0) is 15.1 Å². The number of nitrogens with zero attached hydrogens (tertiary/aromatic N) is 2. The molecule has 0 saturated carbocycles. The monoisotopic (exact) mass is 393 g/mol. The number of hydrogen-bond donors (Lipinski definition) is 1. The van der Waals surface area contributed by atoms with Gasteiger partial charge in [0.25, 0.3) is 0 Å². The van der Waals surface area contributed by atoms with Crippen LogP contribution in [-0.4, -0.2) is 47.8 Å². The molecular weight excluding hydrogens is 362 g/mol. The molecule has 0 aliphatic carbocycles. The molecule has 6 heteroatoms. The Morgan fingerprint density at radius 3 is 2.04 bits per heavy atom. The summed E-state index contributed by atoms with van der Waals surface area (Å²) >= 11 is 0. The number of hydrogen-bond acceptors (Lipinski definition) is 3. The topological polar surface area (TPSA) is 66.6 Å². The smallest absolute Gasteiger partial charge is 0.246 e. The summed E-state index contributed by atoms with van der Waals surface area (Å²) in [6.45, 7) is 7.01. The number of halogens is 1. The molecule has 2 aliphatic rings. The molecule has 2 aliphatic heterocycles. The maximum absolute atomic E-state index is 12.9. The maximum Gasteiger partial charge on any atom is 0.246 e. The molecule has 150 valence electrons. The van der Waals surface area contributed by atoms with Gasteiger partial charge in [0.2, 0.25) is 11.8 Å². The van der Waals surface area contributed by atoms with Crippen LogP contribution >= 0.6 is 12.4 Å². The first-order valence-corrected chi connectivity index (χ1v) is 9.82. The fraction of sp³-hybridized carbons (Fsp3) is 0.619. The Morgan fingerprint density at radius 2 is 1.48 bits per heavy atom. The molecule has 2 fully saturated rings. The largest absolute Gasteiger partial charge is 0.342 e. The van der Waals surface area contributed by atoms with Crippen LogP contribution in [0.2, 0.25) is 0 Å². The van der Waals surface area contributed by atoms with E-state index in [0.29, 0.717) is 13.1 Å². The molecule has 2 N–H and O–H groups in total. The number of carbonyl (C=O) groups excluding carboxylic acids is 2. The van der Waals surface area contributed by atoms with E-state index in [1.165, 1.54) is 0 Å². The molecule has 2 heterocycles. The average molecular weight is 394 g/mol. The first kappa shape index (κ1) is 21.7. The predicted molar refractivity (Wildman–Crippen MR) is 110 cm³/mol. The van der Waals surface area contributed by atoms with Crippen LogP contribution in [0.1, 0.15) is 45.1 Å². The minimum atomic E-state index is -1.03. The van der Waals surface area contributed by atoms with E-state index in [1.807, 2.05) is 40.1 Å². The van der Waals surface area contributed by atoms with Gasteiger partial charge in [-0.05, 0) is 44.1 Å². The second-order valence-electron chi connectivity index (χ2n) is 8.14. The van der Waals surface area contributed by atoms with E-state index >= 15 is 0 Å². The predicted octanol–water partition coefficient (Wildman–Crippen LogP) is 2.78. The highest BCUT2D eigenvalue weighted by atomic mass is 35.5. The lowest BCUT2D eigenvalue weighted by Crippen LogP contribution is -2.54. The van der Waals surface area contributed by atoms with Crippen molar-refractivity contribution in [2.45, 2.75) is 45.1 Å². The third-order valence-corrected chi connectivity index (χ3v) is 6.04. The molecule has 0 bridgehead atoms. The normalized spacial score (nSPS) is 21.3. The Labute approximate surface area is 168 Å². The summed E-state index contributed by atoms with van der Waals surface area (Å²) in [5, 5.41) is 0. The third kappa shape index (κ3) is 4.82. The first-order chi connectivity index (χ1) is 12.4.